The standard InChI is InChI=1S/C16H19N5O/c1-13-16-17-9-15(11-20-5-2-4-18-20)21(16)7-6-19(13)10-14-3-8-22-12-14/h2-5,8-9,12-13H,6-7,10-11H2,1H3/t13-/m1/s1. The van der Waals surface area contributed by atoms with Gasteiger partial charge in [0, 0.05) is 37.6 Å². The largest absolute Gasteiger partial charge is 0.472 e. The molecular weight excluding hydrogens is 278 g/mol. The molecule has 0 N–H and O–H groups in total. The molecule has 3 aromatic heterocycles. The summed E-state index contributed by atoms with van der Waals surface area (Å²) in [4.78, 5) is 7.09. The number of hydrogen-bond acceptors (Lipinski definition) is 4. The summed E-state index contributed by atoms with van der Waals surface area (Å²) < 4.78 is 9.44. The fraction of sp³-hybridized carbons (Fsp3) is 0.375. The molecule has 0 fully saturated rings. The Kier molecular flexibility index (Phi) is 3.31. The quantitative estimate of drug-likeness (QED) is 0.741. The van der Waals surface area contributed by atoms with Crippen LogP contribution in [-0.4, -0.2) is 30.8 Å². The summed E-state index contributed by atoms with van der Waals surface area (Å²) in [7, 11) is 0. The fourth-order valence-electron chi connectivity index (χ4n) is 3.12. The highest BCUT2D eigenvalue weighted by Gasteiger charge is 2.27. The van der Waals surface area contributed by atoms with Gasteiger partial charge >= 0.3 is 0 Å². The molecule has 0 amide bonds. The van der Waals surface area contributed by atoms with E-state index < -0.39 is 0 Å². The van der Waals surface area contributed by atoms with Crippen molar-refractivity contribution in [3.8, 4) is 0 Å². The molecule has 0 aromatic carbocycles. The monoisotopic (exact) mass is 297 g/mol. The molecule has 0 unspecified atom stereocenters. The SMILES string of the molecule is C[C@@H]1c2ncc(Cn3cccn3)n2CCN1Cc1ccoc1. The zero-order chi connectivity index (χ0) is 14.9. The summed E-state index contributed by atoms with van der Waals surface area (Å²) in [6.45, 7) is 5.87. The number of fused-ring (bicyclic) bond motifs is 1. The predicted octanol–water partition coefficient (Wildman–Crippen LogP) is 2.30. The lowest BCUT2D eigenvalue weighted by molar-refractivity contribution is 0.154. The Morgan fingerprint density at radius 3 is 3.05 bits per heavy atom. The minimum absolute atomic E-state index is 0.301. The van der Waals surface area contributed by atoms with Crippen molar-refractivity contribution in [3.63, 3.8) is 0 Å². The molecular formula is C16H19N5O. The Balaban J connectivity index is 1.54. The van der Waals surface area contributed by atoms with Crippen LogP contribution in [0.15, 0.2) is 47.7 Å². The molecule has 0 bridgehead atoms. The molecule has 1 aliphatic heterocycles. The number of aromatic nitrogens is 4. The van der Waals surface area contributed by atoms with E-state index in [-0.39, 0.29) is 0 Å². The molecule has 1 aliphatic rings. The van der Waals surface area contributed by atoms with E-state index in [0.717, 1.165) is 32.0 Å². The highest BCUT2D eigenvalue weighted by Crippen LogP contribution is 2.27. The van der Waals surface area contributed by atoms with E-state index in [2.05, 4.69) is 26.5 Å². The molecule has 6 heteroatoms. The van der Waals surface area contributed by atoms with Crippen LogP contribution in [0.5, 0.6) is 0 Å². The molecule has 22 heavy (non-hydrogen) atoms. The van der Waals surface area contributed by atoms with Gasteiger partial charge in [0.15, 0.2) is 0 Å². The highest BCUT2D eigenvalue weighted by atomic mass is 16.3. The Morgan fingerprint density at radius 2 is 2.27 bits per heavy atom. The van der Waals surface area contributed by atoms with Gasteiger partial charge in [-0.3, -0.25) is 9.58 Å². The third kappa shape index (κ3) is 2.35. The minimum Gasteiger partial charge on any atom is -0.472 e. The van der Waals surface area contributed by atoms with Crippen molar-refractivity contribution in [1.82, 2.24) is 24.2 Å². The lowest BCUT2D eigenvalue weighted by atomic mass is 10.2. The van der Waals surface area contributed by atoms with Gasteiger partial charge < -0.3 is 8.98 Å². The summed E-state index contributed by atoms with van der Waals surface area (Å²) >= 11 is 0. The molecule has 0 aliphatic carbocycles. The van der Waals surface area contributed by atoms with Gasteiger partial charge in [-0.2, -0.15) is 5.10 Å². The van der Waals surface area contributed by atoms with E-state index >= 15 is 0 Å². The van der Waals surface area contributed by atoms with Crippen molar-refractivity contribution in [1.29, 1.82) is 0 Å². The second-order valence-electron chi connectivity index (χ2n) is 5.74. The van der Waals surface area contributed by atoms with Crippen LogP contribution in [0.2, 0.25) is 0 Å². The molecule has 3 aromatic rings. The van der Waals surface area contributed by atoms with Crippen LogP contribution in [0.1, 0.15) is 30.0 Å². The molecule has 4 heterocycles. The fourth-order valence-corrected chi connectivity index (χ4v) is 3.12. The number of nitrogens with zero attached hydrogens (tertiary/aromatic N) is 5. The van der Waals surface area contributed by atoms with Gasteiger partial charge in [-0.05, 0) is 19.1 Å². The van der Waals surface area contributed by atoms with E-state index in [1.54, 1.807) is 6.26 Å². The van der Waals surface area contributed by atoms with E-state index in [4.69, 9.17) is 4.42 Å². The van der Waals surface area contributed by atoms with Gasteiger partial charge in [-0.15, -0.1) is 0 Å². The average molecular weight is 297 g/mol. The molecule has 6 nitrogen and oxygen atoms in total. The molecule has 114 valence electrons. The lowest BCUT2D eigenvalue weighted by Crippen LogP contribution is -2.37. The van der Waals surface area contributed by atoms with Crippen LogP contribution < -0.4 is 0 Å². The summed E-state index contributed by atoms with van der Waals surface area (Å²) in [5, 5.41) is 4.28. The van der Waals surface area contributed by atoms with Gasteiger partial charge in [-0.25, -0.2) is 4.98 Å². The second-order valence-corrected chi connectivity index (χ2v) is 5.74. The maximum absolute atomic E-state index is 5.17. The second kappa shape index (κ2) is 5.46. The summed E-state index contributed by atoms with van der Waals surface area (Å²) in [5.74, 6) is 1.14. The number of hydrogen-bond donors (Lipinski definition) is 0. The van der Waals surface area contributed by atoms with Crippen molar-refractivity contribution in [3.05, 3.63) is 60.3 Å². The van der Waals surface area contributed by atoms with Crippen LogP contribution in [-0.2, 0) is 19.6 Å². The van der Waals surface area contributed by atoms with Gasteiger partial charge in [0.05, 0.1) is 37.0 Å². The first-order valence-corrected chi connectivity index (χ1v) is 7.58. The summed E-state index contributed by atoms with van der Waals surface area (Å²) in [5.41, 5.74) is 2.43. The van der Waals surface area contributed by atoms with Crippen molar-refractivity contribution in [2.24, 2.45) is 0 Å². The summed E-state index contributed by atoms with van der Waals surface area (Å²) in [6.07, 6.45) is 9.32. The summed E-state index contributed by atoms with van der Waals surface area (Å²) in [6, 6.07) is 4.27. The van der Waals surface area contributed by atoms with Crippen LogP contribution in [0.4, 0.5) is 0 Å². The molecule has 0 spiro atoms. The van der Waals surface area contributed by atoms with Crippen LogP contribution >= 0.6 is 0 Å². The topological polar surface area (TPSA) is 52.0 Å². The van der Waals surface area contributed by atoms with Crippen LogP contribution in [0, 0.1) is 0 Å². The van der Waals surface area contributed by atoms with Crippen molar-refractivity contribution >= 4 is 0 Å². The molecule has 4 rings (SSSR count). The molecule has 1 atom stereocenters. The maximum Gasteiger partial charge on any atom is 0.126 e. The number of furan rings is 1. The van der Waals surface area contributed by atoms with Crippen molar-refractivity contribution in [2.75, 3.05) is 6.54 Å². The van der Waals surface area contributed by atoms with Crippen LogP contribution in [0.3, 0.4) is 0 Å². The number of rotatable bonds is 4. The minimum atomic E-state index is 0.301. The first-order chi connectivity index (χ1) is 10.8. The molecule has 0 saturated carbocycles. The van der Waals surface area contributed by atoms with Gasteiger partial charge in [0.2, 0.25) is 0 Å². The Morgan fingerprint density at radius 1 is 1.32 bits per heavy atom. The predicted molar refractivity (Wildman–Crippen MR) is 81.1 cm³/mol. The Labute approximate surface area is 129 Å². The van der Waals surface area contributed by atoms with E-state index in [0.29, 0.717) is 6.04 Å². The maximum atomic E-state index is 5.17. The first-order valence-electron chi connectivity index (χ1n) is 7.58. The van der Waals surface area contributed by atoms with Crippen molar-refractivity contribution < 1.29 is 4.42 Å². The average Bonchev–Trinajstić information content (AvgIpc) is 3.25. The third-order valence-corrected chi connectivity index (χ3v) is 4.35. The van der Waals surface area contributed by atoms with E-state index in [1.165, 1.54) is 11.3 Å². The smallest absolute Gasteiger partial charge is 0.126 e. The van der Waals surface area contributed by atoms with Gasteiger partial charge in [0.1, 0.15) is 5.82 Å². The number of imidazole rings is 1. The van der Waals surface area contributed by atoms with E-state index in [9.17, 15) is 0 Å². The molecule has 0 saturated heterocycles. The first kappa shape index (κ1) is 13.3. The van der Waals surface area contributed by atoms with Gasteiger partial charge in [-0.1, -0.05) is 0 Å². The normalized spacial score (nSPS) is 18.5. The van der Waals surface area contributed by atoms with Gasteiger partial charge in [0.25, 0.3) is 0 Å². The third-order valence-electron chi connectivity index (χ3n) is 4.35. The zero-order valence-corrected chi connectivity index (χ0v) is 12.6. The van der Waals surface area contributed by atoms with E-state index in [1.807, 2.05) is 41.7 Å². The Hall–Kier alpha value is -2.34. The molecule has 0 radical (unpaired) electrons. The van der Waals surface area contributed by atoms with Crippen LogP contribution in [0.25, 0.3) is 0 Å². The highest BCUT2D eigenvalue weighted by molar-refractivity contribution is 5.13. The Bertz CT molecular complexity index is 729. The van der Waals surface area contributed by atoms with Crippen molar-refractivity contribution in [2.45, 2.75) is 32.6 Å². The lowest BCUT2D eigenvalue weighted by Gasteiger charge is -2.34. The zero-order valence-electron chi connectivity index (χ0n) is 12.6.